The van der Waals surface area contributed by atoms with Crippen molar-refractivity contribution in [2.75, 3.05) is 13.1 Å². The van der Waals surface area contributed by atoms with Crippen LogP contribution in [-0.4, -0.2) is 29.7 Å². The Bertz CT molecular complexity index is 408. The number of hydrogen-bond acceptors (Lipinski definition) is 3. The van der Waals surface area contributed by atoms with Gasteiger partial charge in [0.05, 0.1) is 6.54 Å². The van der Waals surface area contributed by atoms with Crippen LogP contribution in [0, 0.1) is 0 Å². The Kier molecular flexibility index (Phi) is 3.87. The van der Waals surface area contributed by atoms with Crippen LogP contribution < -0.4 is 5.73 Å². The topological polar surface area (TPSA) is 55.6 Å². The maximum absolute atomic E-state index is 11.8. The lowest BCUT2D eigenvalue weighted by Gasteiger charge is -2.21. The highest BCUT2D eigenvalue weighted by Gasteiger charge is 2.40. The second-order valence-corrected chi connectivity index (χ2v) is 5.05. The van der Waals surface area contributed by atoms with Gasteiger partial charge in [-0.3, -0.25) is 4.90 Å². The summed E-state index contributed by atoms with van der Waals surface area (Å²) in [7, 11) is 0. The molecule has 98 valence electrons. The zero-order valence-electron chi connectivity index (χ0n) is 10.8. The normalized spacial score (nSPS) is 23.2. The van der Waals surface area contributed by atoms with Crippen molar-refractivity contribution in [1.82, 2.24) is 4.90 Å². The van der Waals surface area contributed by atoms with E-state index in [1.807, 2.05) is 37.3 Å². The summed E-state index contributed by atoms with van der Waals surface area (Å²) < 4.78 is 5.47. The predicted octanol–water partition coefficient (Wildman–Crippen LogP) is 2.14. The fourth-order valence-corrected chi connectivity index (χ4v) is 2.31. The number of nitrogens with two attached hydrogens (primary N) is 1. The molecule has 4 heteroatoms. The van der Waals surface area contributed by atoms with Gasteiger partial charge in [0.1, 0.15) is 5.60 Å². The van der Waals surface area contributed by atoms with E-state index in [1.54, 1.807) is 4.90 Å². The third-order valence-corrected chi connectivity index (χ3v) is 3.24. The first-order chi connectivity index (χ1) is 8.63. The summed E-state index contributed by atoms with van der Waals surface area (Å²) in [6.07, 6.45) is 1.47. The molecule has 1 aliphatic heterocycles. The molecule has 0 aromatic heterocycles. The first-order valence-electron chi connectivity index (χ1n) is 6.35. The van der Waals surface area contributed by atoms with Crippen molar-refractivity contribution in [1.29, 1.82) is 0 Å². The van der Waals surface area contributed by atoms with Gasteiger partial charge in [0, 0.05) is 6.54 Å². The number of amides is 1. The summed E-state index contributed by atoms with van der Waals surface area (Å²) in [5, 5.41) is 0. The van der Waals surface area contributed by atoms with Gasteiger partial charge in [-0.25, -0.2) is 4.79 Å². The van der Waals surface area contributed by atoms with Crippen LogP contribution in [0.15, 0.2) is 30.3 Å². The number of carbonyl (C=O) groups excluding carboxylic acids is 1. The van der Waals surface area contributed by atoms with E-state index in [1.165, 1.54) is 0 Å². The van der Waals surface area contributed by atoms with E-state index in [4.69, 9.17) is 10.5 Å². The fraction of sp³-hybridized carbons (Fsp3) is 0.500. The molecule has 0 aliphatic carbocycles. The maximum Gasteiger partial charge on any atom is 0.410 e. The van der Waals surface area contributed by atoms with E-state index in [2.05, 4.69) is 0 Å². The molecule has 1 aliphatic rings. The van der Waals surface area contributed by atoms with Gasteiger partial charge in [-0.15, -0.1) is 0 Å². The number of hydrogen-bond donors (Lipinski definition) is 1. The first kappa shape index (κ1) is 12.9. The van der Waals surface area contributed by atoms with Crippen LogP contribution in [0.2, 0.25) is 0 Å². The molecule has 4 nitrogen and oxygen atoms in total. The molecule has 1 saturated heterocycles. The number of cyclic esters (lactones) is 1. The zero-order valence-corrected chi connectivity index (χ0v) is 10.8. The van der Waals surface area contributed by atoms with Crippen LogP contribution in [0.4, 0.5) is 4.79 Å². The van der Waals surface area contributed by atoms with E-state index in [0.717, 1.165) is 18.4 Å². The molecule has 1 fully saturated rings. The molecule has 1 heterocycles. The predicted molar refractivity (Wildman–Crippen MR) is 70.0 cm³/mol. The van der Waals surface area contributed by atoms with Crippen LogP contribution in [0.5, 0.6) is 0 Å². The smallest absolute Gasteiger partial charge is 0.410 e. The van der Waals surface area contributed by atoms with Crippen molar-refractivity contribution in [3.8, 4) is 0 Å². The van der Waals surface area contributed by atoms with Crippen molar-refractivity contribution in [3.63, 3.8) is 0 Å². The van der Waals surface area contributed by atoms with Crippen molar-refractivity contribution in [2.24, 2.45) is 5.73 Å². The number of carbonyl (C=O) groups is 1. The van der Waals surface area contributed by atoms with E-state index in [0.29, 0.717) is 19.6 Å². The maximum atomic E-state index is 11.8. The first-order valence-corrected chi connectivity index (χ1v) is 6.35. The van der Waals surface area contributed by atoms with Crippen molar-refractivity contribution < 1.29 is 9.53 Å². The van der Waals surface area contributed by atoms with Crippen molar-refractivity contribution >= 4 is 6.09 Å². The molecule has 1 unspecified atom stereocenters. The highest BCUT2D eigenvalue weighted by Crippen LogP contribution is 2.27. The number of rotatable bonds is 5. The van der Waals surface area contributed by atoms with Crippen LogP contribution in [-0.2, 0) is 11.3 Å². The van der Waals surface area contributed by atoms with E-state index in [9.17, 15) is 4.79 Å². The minimum Gasteiger partial charge on any atom is -0.441 e. The summed E-state index contributed by atoms with van der Waals surface area (Å²) in [5.41, 5.74) is 6.24. The lowest BCUT2D eigenvalue weighted by atomic mass is 10.00. The van der Waals surface area contributed by atoms with Crippen LogP contribution >= 0.6 is 0 Å². The fourth-order valence-electron chi connectivity index (χ4n) is 2.31. The summed E-state index contributed by atoms with van der Waals surface area (Å²) in [6, 6.07) is 9.96. The summed E-state index contributed by atoms with van der Waals surface area (Å²) >= 11 is 0. The second-order valence-electron chi connectivity index (χ2n) is 5.05. The molecule has 1 aromatic rings. The molecule has 0 radical (unpaired) electrons. The van der Waals surface area contributed by atoms with Crippen LogP contribution in [0.1, 0.15) is 25.3 Å². The molecular weight excluding hydrogens is 228 g/mol. The Balaban J connectivity index is 1.97. The van der Waals surface area contributed by atoms with Gasteiger partial charge >= 0.3 is 6.09 Å². The van der Waals surface area contributed by atoms with Gasteiger partial charge in [-0.1, -0.05) is 30.3 Å². The Morgan fingerprint density at radius 1 is 1.39 bits per heavy atom. The Morgan fingerprint density at radius 3 is 2.78 bits per heavy atom. The molecule has 1 atom stereocenters. The molecule has 2 rings (SSSR count). The highest BCUT2D eigenvalue weighted by atomic mass is 16.6. The van der Waals surface area contributed by atoms with Gasteiger partial charge in [0.25, 0.3) is 0 Å². The van der Waals surface area contributed by atoms with Gasteiger partial charge in [-0.2, -0.15) is 0 Å². The molecular formula is C14H20N2O2. The summed E-state index contributed by atoms with van der Waals surface area (Å²) in [5.74, 6) is 0. The molecule has 1 aromatic carbocycles. The van der Waals surface area contributed by atoms with Crippen molar-refractivity contribution in [2.45, 2.75) is 31.9 Å². The van der Waals surface area contributed by atoms with Gasteiger partial charge in [-0.05, 0) is 31.9 Å². The quantitative estimate of drug-likeness (QED) is 0.868. The summed E-state index contributed by atoms with van der Waals surface area (Å²) in [6.45, 7) is 3.86. The lowest BCUT2D eigenvalue weighted by molar-refractivity contribution is 0.0638. The molecule has 0 spiro atoms. The monoisotopic (exact) mass is 248 g/mol. The van der Waals surface area contributed by atoms with Gasteiger partial charge in [0.2, 0.25) is 0 Å². The van der Waals surface area contributed by atoms with E-state index in [-0.39, 0.29) is 11.7 Å². The number of nitrogens with zero attached hydrogens (tertiary/aromatic N) is 1. The summed E-state index contributed by atoms with van der Waals surface area (Å²) in [4.78, 5) is 13.6. The largest absolute Gasteiger partial charge is 0.441 e. The van der Waals surface area contributed by atoms with Gasteiger partial charge in [0.15, 0.2) is 0 Å². The van der Waals surface area contributed by atoms with Crippen LogP contribution in [0.25, 0.3) is 0 Å². The third kappa shape index (κ3) is 3.01. The molecule has 0 saturated carbocycles. The SMILES string of the molecule is CC1(CCCN)CN(Cc2ccccc2)C(=O)O1. The minimum atomic E-state index is -0.384. The highest BCUT2D eigenvalue weighted by molar-refractivity contribution is 5.70. The molecule has 2 N–H and O–H groups in total. The molecule has 18 heavy (non-hydrogen) atoms. The lowest BCUT2D eigenvalue weighted by Crippen LogP contribution is -2.31. The molecule has 0 bridgehead atoms. The Hall–Kier alpha value is -1.55. The van der Waals surface area contributed by atoms with E-state index >= 15 is 0 Å². The van der Waals surface area contributed by atoms with E-state index < -0.39 is 0 Å². The third-order valence-electron chi connectivity index (χ3n) is 3.24. The Morgan fingerprint density at radius 2 is 2.11 bits per heavy atom. The zero-order chi connectivity index (χ0) is 13.0. The minimum absolute atomic E-state index is 0.224. The molecule has 1 amide bonds. The average molecular weight is 248 g/mol. The standard InChI is InChI=1S/C14H20N2O2/c1-14(8-5-9-15)11-16(13(17)18-14)10-12-6-3-2-4-7-12/h2-4,6-7H,5,8-11,15H2,1H3. The van der Waals surface area contributed by atoms with Gasteiger partial charge < -0.3 is 10.5 Å². The Labute approximate surface area is 108 Å². The second kappa shape index (κ2) is 5.40. The number of benzene rings is 1. The average Bonchev–Trinajstić information content (AvgIpc) is 2.64. The number of ether oxygens (including phenoxy) is 1. The van der Waals surface area contributed by atoms with Crippen LogP contribution in [0.3, 0.4) is 0 Å². The van der Waals surface area contributed by atoms with Crippen molar-refractivity contribution in [3.05, 3.63) is 35.9 Å².